The molecule has 0 aliphatic rings. The molecule has 2 N–H and O–H groups in total. The first kappa shape index (κ1) is 20.0. The minimum Gasteiger partial charge on any atom is -0.444 e. The second kappa shape index (κ2) is 10.6. The van der Waals surface area contributed by atoms with Crippen molar-refractivity contribution in [3.63, 3.8) is 0 Å². The SMILES string of the molecule is CN=C(NCCCn1cccn1)NCc1coc(-c2ccccc2)n1.I. The number of halogens is 1. The van der Waals surface area contributed by atoms with Gasteiger partial charge in [-0.3, -0.25) is 9.67 Å². The average molecular weight is 466 g/mol. The summed E-state index contributed by atoms with van der Waals surface area (Å²) in [5, 5.41) is 10.7. The highest BCUT2D eigenvalue weighted by Crippen LogP contribution is 2.17. The number of rotatable bonds is 7. The zero-order valence-electron chi connectivity index (χ0n) is 14.6. The van der Waals surface area contributed by atoms with E-state index in [9.17, 15) is 0 Å². The predicted octanol–water partition coefficient (Wildman–Crippen LogP) is 2.91. The summed E-state index contributed by atoms with van der Waals surface area (Å²) >= 11 is 0. The van der Waals surface area contributed by atoms with Gasteiger partial charge in [-0.15, -0.1) is 24.0 Å². The molecule has 0 aliphatic heterocycles. The number of guanidine groups is 1. The molecule has 3 rings (SSSR count). The topological polar surface area (TPSA) is 80.3 Å². The van der Waals surface area contributed by atoms with Gasteiger partial charge in [0.1, 0.15) is 6.26 Å². The Labute approximate surface area is 169 Å². The monoisotopic (exact) mass is 466 g/mol. The van der Waals surface area contributed by atoms with Crippen molar-refractivity contribution in [1.29, 1.82) is 0 Å². The summed E-state index contributed by atoms with van der Waals surface area (Å²) in [5.41, 5.74) is 1.80. The maximum Gasteiger partial charge on any atom is 0.226 e. The third kappa shape index (κ3) is 5.87. The summed E-state index contributed by atoms with van der Waals surface area (Å²) in [6, 6.07) is 11.8. The molecule has 0 saturated carbocycles. The van der Waals surface area contributed by atoms with Crippen LogP contribution in [0.4, 0.5) is 0 Å². The fraction of sp³-hybridized carbons (Fsp3) is 0.278. The van der Waals surface area contributed by atoms with Crippen LogP contribution in [0.5, 0.6) is 0 Å². The lowest BCUT2D eigenvalue weighted by Gasteiger charge is -2.10. The minimum atomic E-state index is 0. The number of nitrogens with zero attached hydrogens (tertiary/aromatic N) is 4. The minimum absolute atomic E-state index is 0. The normalized spacial score (nSPS) is 11.0. The number of hydrogen-bond acceptors (Lipinski definition) is 4. The van der Waals surface area contributed by atoms with Crippen LogP contribution in [0, 0.1) is 0 Å². The fourth-order valence-electron chi connectivity index (χ4n) is 2.38. The fourth-order valence-corrected chi connectivity index (χ4v) is 2.38. The third-order valence-corrected chi connectivity index (χ3v) is 3.65. The lowest BCUT2D eigenvalue weighted by molar-refractivity contribution is 0.568. The molecular weight excluding hydrogens is 443 g/mol. The zero-order chi connectivity index (χ0) is 17.3. The van der Waals surface area contributed by atoms with Crippen molar-refractivity contribution in [3.05, 3.63) is 60.7 Å². The Morgan fingerprint density at radius 3 is 2.77 bits per heavy atom. The van der Waals surface area contributed by atoms with Crippen LogP contribution in [-0.4, -0.2) is 34.3 Å². The molecule has 0 amide bonds. The summed E-state index contributed by atoms with van der Waals surface area (Å²) in [7, 11) is 1.75. The van der Waals surface area contributed by atoms with Gasteiger partial charge in [0.2, 0.25) is 5.89 Å². The molecule has 1 aromatic carbocycles. The van der Waals surface area contributed by atoms with E-state index in [1.807, 2.05) is 47.3 Å². The summed E-state index contributed by atoms with van der Waals surface area (Å²) in [4.78, 5) is 8.71. The number of benzene rings is 1. The quantitative estimate of drug-likeness (QED) is 0.242. The molecule has 8 heteroatoms. The Balaban J connectivity index is 0.00000243. The van der Waals surface area contributed by atoms with E-state index in [-0.39, 0.29) is 24.0 Å². The predicted molar refractivity (Wildman–Crippen MR) is 112 cm³/mol. The van der Waals surface area contributed by atoms with Gasteiger partial charge in [0.15, 0.2) is 5.96 Å². The molecule has 7 nitrogen and oxygen atoms in total. The highest BCUT2D eigenvalue weighted by atomic mass is 127. The van der Waals surface area contributed by atoms with Gasteiger partial charge in [-0.25, -0.2) is 4.98 Å². The van der Waals surface area contributed by atoms with Crippen LogP contribution < -0.4 is 10.6 Å². The van der Waals surface area contributed by atoms with E-state index < -0.39 is 0 Å². The average Bonchev–Trinajstić information content (AvgIpc) is 3.34. The van der Waals surface area contributed by atoms with Crippen molar-refractivity contribution in [2.24, 2.45) is 4.99 Å². The van der Waals surface area contributed by atoms with Gasteiger partial charge in [0.05, 0.1) is 12.2 Å². The Bertz CT molecular complexity index is 785. The Hall–Kier alpha value is -2.36. The lowest BCUT2D eigenvalue weighted by atomic mass is 10.2. The maximum absolute atomic E-state index is 5.54. The molecule has 0 saturated heterocycles. The van der Waals surface area contributed by atoms with Crippen molar-refractivity contribution in [2.45, 2.75) is 19.5 Å². The van der Waals surface area contributed by atoms with E-state index in [4.69, 9.17) is 4.42 Å². The van der Waals surface area contributed by atoms with Gasteiger partial charge in [0, 0.05) is 38.1 Å². The van der Waals surface area contributed by atoms with Gasteiger partial charge in [-0.05, 0) is 24.6 Å². The van der Waals surface area contributed by atoms with E-state index >= 15 is 0 Å². The Morgan fingerprint density at radius 2 is 2.04 bits per heavy atom. The molecule has 0 atom stereocenters. The third-order valence-electron chi connectivity index (χ3n) is 3.65. The van der Waals surface area contributed by atoms with E-state index in [2.05, 4.69) is 25.7 Å². The first-order valence-corrected chi connectivity index (χ1v) is 8.27. The number of hydrogen-bond donors (Lipinski definition) is 2. The van der Waals surface area contributed by atoms with Crippen LogP contribution in [-0.2, 0) is 13.1 Å². The van der Waals surface area contributed by atoms with E-state index in [0.29, 0.717) is 12.4 Å². The molecule has 2 aromatic heterocycles. The largest absolute Gasteiger partial charge is 0.444 e. The Morgan fingerprint density at radius 1 is 1.19 bits per heavy atom. The zero-order valence-corrected chi connectivity index (χ0v) is 17.0. The van der Waals surface area contributed by atoms with Crippen molar-refractivity contribution >= 4 is 29.9 Å². The maximum atomic E-state index is 5.54. The molecule has 0 bridgehead atoms. The molecule has 0 aliphatic carbocycles. The molecule has 0 unspecified atom stereocenters. The number of aromatic nitrogens is 3. The second-order valence-electron chi connectivity index (χ2n) is 5.49. The van der Waals surface area contributed by atoms with Crippen molar-refractivity contribution in [1.82, 2.24) is 25.4 Å². The molecule has 2 heterocycles. The van der Waals surface area contributed by atoms with Crippen LogP contribution >= 0.6 is 24.0 Å². The lowest BCUT2D eigenvalue weighted by Crippen LogP contribution is -2.37. The van der Waals surface area contributed by atoms with Crippen LogP contribution in [0.2, 0.25) is 0 Å². The molecule has 3 aromatic rings. The molecule has 138 valence electrons. The van der Waals surface area contributed by atoms with Crippen molar-refractivity contribution in [3.8, 4) is 11.5 Å². The number of nitrogens with one attached hydrogen (secondary N) is 2. The number of oxazole rings is 1. The second-order valence-corrected chi connectivity index (χ2v) is 5.49. The van der Waals surface area contributed by atoms with Gasteiger partial charge < -0.3 is 15.1 Å². The number of aliphatic imine (C=N–C) groups is 1. The molecule has 26 heavy (non-hydrogen) atoms. The van der Waals surface area contributed by atoms with Gasteiger partial charge in [-0.1, -0.05) is 18.2 Å². The van der Waals surface area contributed by atoms with E-state index in [0.717, 1.165) is 36.7 Å². The van der Waals surface area contributed by atoms with E-state index in [1.165, 1.54) is 0 Å². The van der Waals surface area contributed by atoms with Crippen LogP contribution in [0.15, 0.2) is 64.5 Å². The highest BCUT2D eigenvalue weighted by molar-refractivity contribution is 14.0. The molecule has 0 spiro atoms. The van der Waals surface area contributed by atoms with Crippen molar-refractivity contribution < 1.29 is 4.42 Å². The molecule has 0 radical (unpaired) electrons. The Kier molecular flexibility index (Phi) is 8.13. The van der Waals surface area contributed by atoms with Gasteiger partial charge >= 0.3 is 0 Å². The van der Waals surface area contributed by atoms with Crippen LogP contribution in [0.25, 0.3) is 11.5 Å². The smallest absolute Gasteiger partial charge is 0.226 e. The van der Waals surface area contributed by atoms with Crippen LogP contribution in [0.1, 0.15) is 12.1 Å². The summed E-state index contributed by atoms with van der Waals surface area (Å²) in [5.74, 6) is 1.37. The van der Waals surface area contributed by atoms with Gasteiger partial charge in [-0.2, -0.15) is 5.10 Å². The number of aryl methyl sites for hydroxylation is 1. The molecular formula is C18H23IN6O. The first-order valence-electron chi connectivity index (χ1n) is 8.27. The summed E-state index contributed by atoms with van der Waals surface area (Å²) in [6.07, 6.45) is 6.38. The van der Waals surface area contributed by atoms with Gasteiger partial charge in [0.25, 0.3) is 0 Å². The standard InChI is InChI=1S/C18H22N6O.HI/c1-19-18(20-9-5-11-24-12-6-10-22-24)21-13-16-14-25-17(23-16)15-7-3-2-4-8-15;/h2-4,6-8,10,12,14H,5,9,11,13H2,1H3,(H2,19,20,21);1H. The summed E-state index contributed by atoms with van der Waals surface area (Å²) < 4.78 is 7.45. The highest BCUT2D eigenvalue weighted by Gasteiger charge is 2.06. The van der Waals surface area contributed by atoms with E-state index in [1.54, 1.807) is 19.5 Å². The van der Waals surface area contributed by atoms with Crippen LogP contribution in [0.3, 0.4) is 0 Å². The molecule has 0 fully saturated rings. The van der Waals surface area contributed by atoms with Crippen molar-refractivity contribution in [2.75, 3.05) is 13.6 Å². The summed E-state index contributed by atoms with van der Waals surface area (Å²) in [6.45, 7) is 2.24. The first-order chi connectivity index (χ1) is 12.3.